The highest BCUT2D eigenvalue weighted by Gasteiger charge is 2.64. The van der Waals surface area contributed by atoms with Crippen LogP contribution >= 0.6 is 11.8 Å². The van der Waals surface area contributed by atoms with Crippen molar-refractivity contribution < 1.29 is 46.9 Å². The van der Waals surface area contributed by atoms with Gasteiger partial charge in [-0.25, -0.2) is 9.97 Å². The molecule has 17 nitrogen and oxygen atoms in total. The molecule has 0 spiro atoms. The minimum atomic E-state index is -4.73. The number of aliphatic hydroxyl groups excluding tert-OH is 1. The molecule has 3 aromatic rings. The van der Waals surface area contributed by atoms with Crippen molar-refractivity contribution in [2.45, 2.75) is 111 Å². The van der Waals surface area contributed by atoms with E-state index in [2.05, 4.69) is 42.5 Å². The molecule has 2 saturated heterocycles. The van der Waals surface area contributed by atoms with Crippen LogP contribution in [0.1, 0.15) is 108 Å². The fourth-order valence-corrected chi connectivity index (χ4v) is 11.1. The second-order valence-corrected chi connectivity index (χ2v) is 22.2. The zero-order valence-corrected chi connectivity index (χ0v) is 44.6. The Balaban J connectivity index is 0.935. The molecule has 1 aromatic heterocycles. The minimum absolute atomic E-state index is 0.0229. The number of rotatable bonds is 18. The average molecular weight is 1050 g/mol. The first-order valence-corrected chi connectivity index (χ1v) is 25.8. The number of hydrogen-bond donors (Lipinski definition) is 4. The number of thioether (sulfide) groups is 1. The van der Waals surface area contributed by atoms with Crippen LogP contribution in [-0.2, 0) is 25.3 Å². The highest BCUT2D eigenvalue weighted by atomic mass is 32.2. The summed E-state index contributed by atoms with van der Waals surface area (Å²) in [6.45, 7) is 23.3. The van der Waals surface area contributed by atoms with Gasteiger partial charge in [-0.15, -0.1) is 11.8 Å². The van der Waals surface area contributed by atoms with Crippen LogP contribution in [-0.4, -0.2) is 144 Å². The van der Waals surface area contributed by atoms with Gasteiger partial charge in [-0.2, -0.15) is 18.4 Å². The second kappa shape index (κ2) is 23.2. The molecule has 0 radical (unpaired) electrons. The third-order valence-electron chi connectivity index (χ3n) is 14.2. The Morgan fingerprint density at radius 2 is 1.66 bits per heavy atom. The Morgan fingerprint density at radius 3 is 2.23 bits per heavy atom. The molecule has 4 N–H and O–H groups in total. The summed E-state index contributed by atoms with van der Waals surface area (Å²) in [4.78, 5) is 74.1. The SMILES string of the molecule is C=N/C(C)=C(\SC)c1ccc([C@H](C)NC(=O)[C@@H]2C[C@@H](O)CN2C(=O)[C@@H](NC(=O)COCCN2CCN(c3cnc(C(=O)NC4C(C)(C)C(Oc5ccc(C#N)c(C(F)(F)F)c5)C4(C)C)cn3)CC2)C(C)(C)C)cc1. The van der Waals surface area contributed by atoms with Gasteiger partial charge in [0.2, 0.25) is 17.7 Å². The average Bonchev–Trinajstić information content (AvgIpc) is 3.76. The summed E-state index contributed by atoms with van der Waals surface area (Å²) in [6.07, 6.45) is -1.23. The minimum Gasteiger partial charge on any atom is -0.489 e. The third-order valence-corrected chi connectivity index (χ3v) is 15.2. The van der Waals surface area contributed by atoms with Gasteiger partial charge in [-0.3, -0.25) is 29.1 Å². The number of aliphatic imine (C=N–C) groups is 1. The Kier molecular flexibility index (Phi) is 17.9. The number of carbonyl (C=O) groups excluding carboxylic acids is 4. The number of carbonyl (C=O) groups is 4. The number of benzene rings is 2. The lowest BCUT2D eigenvalue weighted by atomic mass is 9.49. The Hall–Kier alpha value is -6.08. The molecule has 3 aliphatic rings. The largest absolute Gasteiger partial charge is 0.489 e. The van der Waals surface area contributed by atoms with Crippen molar-refractivity contribution in [3.8, 4) is 11.8 Å². The van der Waals surface area contributed by atoms with Gasteiger partial charge in [0.15, 0.2) is 0 Å². The van der Waals surface area contributed by atoms with Crippen LogP contribution in [0.4, 0.5) is 19.0 Å². The molecular formula is C53H69F3N10O7S. The standard InChI is InChI=1S/C53H69F3N10O7S/c1-31(33-12-14-34(15-13-33)43(74-11)32(2)58-10)61-46(70)40-24-36(67)29-66(40)47(71)44(50(3,4)5)62-42(68)30-72-23-22-64-18-20-65(21-19-64)41-28-59-39(27-60-41)45(69)63-48-51(6,7)49(52(48,8)9)73-37-17-16-35(26-57)38(25-37)53(54,55)56/h12-17,25,27-28,31,36,40,44,48-49,67H,10,18-24,29-30H2,1-9,11H3,(H,61,70)(H,62,68)(H,63,69)/b43-32-/t31-,36+,40-,44+,48?,49?/m0/s1. The molecular weight excluding hydrogens is 978 g/mol. The van der Waals surface area contributed by atoms with E-state index < -0.39 is 93.6 Å². The van der Waals surface area contributed by atoms with E-state index in [-0.39, 0.29) is 37.6 Å². The maximum absolute atomic E-state index is 14.1. The predicted octanol–water partition coefficient (Wildman–Crippen LogP) is 6.24. The van der Waals surface area contributed by atoms with Gasteiger partial charge in [0.25, 0.3) is 5.91 Å². The van der Waals surface area contributed by atoms with Gasteiger partial charge in [-0.1, -0.05) is 72.7 Å². The van der Waals surface area contributed by atoms with Gasteiger partial charge in [0.05, 0.1) is 54.0 Å². The van der Waals surface area contributed by atoms with Gasteiger partial charge >= 0.3 is 6.18 Å². The fraction of sp³-hybridized carbons (Fsp3) is 0.547. The number of anilines is 1. The summed E-state index contributed by atoms with van der Waals surface area (Å²) in [5, 5.41) is 28.7. The lowest BCUT2D eigenvalue weighted by Crippen LogP contribution is -2.74. The van der Waals surface area contributed by atoms with Crippen molar-refractivity contribution in [3.63, 3.8) is 0 Å². The van der Waals surface area contributed by atoms with E-state index >= 15 is 0 Å². The monoisotopic (exact) mass is 1050 g/mol. The van der Waals surface area contributed by atoms with Crippen LogP contribution in [0, 0.1) is 27.6 Å². The lowest BCUT2D eigenvalue weighted by molar-refractivity contribution is -0.164. The number of likely N-dealkylation sites (tertiary alicyclic amines) is 1. The van der Waals surface area contributed by atoms with Gasteiger partial charge in [-0.05, 0) is 61.6 Å². The molecule has 1 saturated carbocycles. The number of alkyl halides is 3. The second-order valence-electron chi connectivity index (χ2n) is 21.4. The summed E-state index contributed by atoms with van der Waals surface area (Å²) in [5.41, 5.74) is -0.922. The number of nitrogens with zero attached hydrogens (tertiary/aromatic N) is 7. The van der Waals surface area contributed by atoms with Gasteiger partial charge < -0.3 is 40.3 Å². The Morgan fingerprint density at radius 1 is 1.00 bits per heavy atom. The number of ether oxygens (including phenoxy) is 2. The number of aliphatic hydroxyl groups is 1. The zero-order chi connectivity index (χ0) is 54.5. The van der Waals surface area contributed by atoms with Crippen molar-refractivity contribution in [2.24, 2.45) is 21.2 Å². The van der Waals surface area contributed by atoms with Crippen LogP contribution < -0.4 is 25.6 Å². The van der Waals surface area contributed by atoms with E-state index in [0.717, 1.165) is 33.9 Å². The number of allylic oxidation sites excluding steroid dienone is 1. The van der Waals surface area contributed by atoms with Crippen molar-refractivity contribution in [2.75, 3.05) is 63.6 Å². The quantitative estimate of drug-likeness (QED) is 0.0822. The highest BCUT2D eigenvalue weighted by Crippen LogP contribution is 2.56. The Labute approximate surface area is 435 Å². The van der Waals surface area contributed by atoms with Crippen molar-refractivity contribution in [3.05, 3.63) is 88.5 Å². The maximum atomic E-state index is 14.1. The number of hydrogen-bond acceptors (Lipinski definition) is 14. The molecule has 400 valence electrons. The molecule has 0 unspecified atom stereocenters. The molecule has 1 aliphatic carbocycles. The summed E-state index contributed by atoms with van der Waals surface area (Å²) in [5.74, 6) is -1.24. The molecule has 3 heterocycles. The van der Waals surface area contributed by atoms with E-state index in [0.29, 0.717) is 38.5 Å². The first-order valence-electron chi connectivity index (χ1n) is 24.6. The number of nitriles is 1. The molecule has 4 atom stereocenters. The van der Waals surface area contributed by atoms with Crippen LogP contribution in [0.5, 0.6) is 5.75 Å². The number of amides is 4. The maximum Gasteiger partial charge on any atom is 0.417 e. The molecule has 6 rings (SSSR count). The first-order chi connectivity index (χ1) is 34.7. The number of β-amino-alcohol motifs (C(OH)–C–C–N with tert-alkyl or cyclic N) is 1. The normalized spacial score (nSPS) is 21.8. The van der Waals surface area contributed by atoms with E-state index in [1.54, 1.807) is 24.0 Å². The summed E-state index contributed by atoms with van der Waals surface area (Å²) < 4.78 is 52.8. The van der Waals surface area contributed by atoms with E-state index in [9.17, 15) is 42.7 Å². The Bertz CT molecular complexity index is 2590. The van der Waals surface area contributed by atoms with Crippen LogP contribution in [0.25, 0.3) is 4.91 Å². The van der Waals surface area contributed by atoms with Crippen molar-refractivity contribution >= 4 is 52.8 Å². The smallest absolute Gasteiger partial charge is 0.417 e. The molecule has 2 aromatic carbocycles. The molecule has 21 heteroatoms. The summed E-state index contributed by atoms with van der Waals surface area (Å²) in [7, 11) is 0. The number of aromatic nitrogens is 2. The fourth-order valence-electron chi connectivity index (χ4n) is 10.4. The van der Waals surface area contributed by atoms with E-state index in [4.69, 9.17) is 9.47 Å². The van der Waals surface area contributed by atoms with Crippen LogP contribution in [0.3, 0.4) is 0 Å². The molecule has 0 bridgehead atoms. The van der Waals surface area contributed by atoms with Gasteiger partial charge in [0, 0.05) is 67.5 Å². The molecule has 4 amide bonds. The lowest BCUT2D eigenvalue weighted by Gasteiger charge is -2.63. The van der Waals surface area contributed by atoms with Gasteiger partial charge in [0.1, 0.15) is 42.1 Å². The number of piperazine rings is 1. The molecule has 74 heavy (non-hydrogen) atoms. The van der Waals surface area contributed by atoms with Crippen molar-refractivity contribution in [1.82, 2.24) is 35.7 Å². The number of halogens is 3. The van der Waals surface area contributed by atoms with Crippen LogP contribution in [0.2, 0.25) is 0 Å². The van der Waals surface area contributed by atoms with E-state index in [1.807, 2.05) is 97.7 Å². The van der Waals surface area contributed by atoms with Crippen molar-refractivity contribution in [1.29, 1.82) is 5.26 Å². The van der Waals surface area contributed by atoms with Crippen LogP contribution in [0.15, 0.2) is 65.5 Å². The molecule has 2 aliphatic heterocycles. The predicted molar refractivity (Wildman–Crippen MR) is 277 cm³/mol. The third kappa shape index (κ3) is 13.0. The first kappa shape index (κ1) is 57.2. The zero-order valence-electron chi connectivity index (χ0n) is 43.8. The molecule has 3 fully saturated rings. The topological polar surface area (TPSA) is 215 Å². The number of nitrogens with one attached hydrogen (secondary N) is 3. The summed E-state index contributed by atoms with van der Waals surface area (Å²) >= 11 is 1.57. The highest BCUT2D eigenvalue weighted by molar-refractivity contribution is 8.07. The summed E-state index contributed by atoms with van der Waals surface area (Å²) in [6, 6.07) is 9.86. The van der Waals surface area contributed by atoms with E-state index in [1.165, 1.54) is 17.2 Å².